The van der Waals surface area contributed by atoms with E-state index in [1.807, 2.05) is 0 Å². The third-order valence-corrected chi connectivity index (χ3v) is 5.09. The van der Waals surface area contributed by atoms with Gasteiger partial charge in [-0.25, -0.2) is 0 Å². The lowest BCUT2D eigenvalue weighted by Crippen LogP contribution is -2.49. The molecule has 0 aromatic rings. The summed E-state index contributed by atoms with van der Waals surface area (Å²) in [4.78, 5) is 0. The molecule has 0 radical (unpaired) electrons. The topological polar surface area (TPSA) is 41.5 Å². The Hall–Kier alpha value is -0.120. The van der Waals surface area contributed by atoms with Crippen molar-refractivity contribution in [3.8, 4) is 0 Å². The molecule has 1 atom stereocenters. The van der Waals surface area contributed by atoms with E-state index < -0.39 is 0 Å². The van der Waals surface area contributed by atoms with E-state index in [1.165, 1.54) is 44.9 Å². The molecule has 0 bridgehead atoms. The van der Waals surface area contributed by atoms with Crippen LogP contribution in [0.1, 0.15) is 71.1 Å². The van der Waals surface area contributed by atoms with Crippen LogP contribution in [0.15, 0.2) is 0 Å². The van der Waals surface area contributed by atoms with Crippen LogP contribution in [0.2, 0.25) is 0 Å². The van der Waals surface area contributed by atoms with Crippen LogP contribution in [-0.4, -0.2) is 36.5 Å². The molecule has 2 aliphatic carbocycles. The van der Waals surface area contributed by atoms with Crippen LogP contribution >= 0.6 is 0 Å². The van der Waals surface area contributed by atoms with Gasteiger partial charge in [0.2, 0.25) is 0 Å². The zero-order chi connectivity index (χ0) is 14.3. The van der Waals surface area contributed by atoms with Gasteiger partial charge in [0.25, 0.3) is 0 Å². The summed E-state index contributed by atoms with van der Waals surface area (Å²) in [6, 6.07) is 0.658. The first kappa shape index (κ1) is 16.3. The minimum absolute atomic E-state index is 0.0602. The van der Waals surface area contributed by atoms with Crippen molar-refractivity contribution in [3.05, 3.63) is 0 Å². The van der Waals surface area contributed by atoms with Crippen LogP contribution < -0.4 is 5.32 Å². The average molecular weight is 283 g/mol. The zero-order valence-electron chi connectivity index (χ0n) is 13.2. The summed E-state index contributed by atoms with van der Waals surface area (Å²) < 4.78 is 5.87. The lowest BCUT2D eigenvalue weighted by molar-refractivity contribution is 0.0708. The van der Waals surface area contributed by atoms with Crippen molar-refractivity contribution in [2.45, 2.75) is 82.7 Å². The quantitative estimate of drug-likeness (QED) is 0.605. The second-order valence-electron chi connectivity index (χ2n) is 6.89. The smallest absolute Gasteiger partial charge is 0.0613 e. The van der Waals surface area contributed by atoms with E-state index in [1.54, 1.807) is 0 Å². The second-order valence-corrected chi connectivity index (χ2v) is 6.89. The molecule has 2 saturated carbocycles. The summed E-state index contributed by atoms with van der Waals surface area (Å²) in [5.74, 6) is 0.808. The zero-order valence-corrected chi connectivity index (χ0v) is 13.2. The number of rotatable bonds is 10. The summed E-state index contributed by atoms with van der Waals surface area (Å²) in [7, 11) is 0. The molecule has 0 saturated heterocycles. The molecule has 0 aromatic carbocycles. The molecule has 0 spiro atoms. The fourth-order valence-corrected chi connectivity index (χ4v) is 3.36. The van der Waals surface area contributed by atoms with Gasteiger partial charge < -0.3 is 15.2 Å². The average Bonchev–Trinajstić information content (AvgIpc) is 3.31. The Bertz CT molecular complexity index is 256. The van der Waals surface area contributed by atoms with Gasteiger partial charge in [0.15, 0.2) is 0 Å². The van der Waals surface area contributed by atoms with Gasteiger partial charge in [-0.05, 0) is 50.9 Å². The Kier molecular flexibility index (Phi) is 6.79. The van der Waals surface area contributed by atoms with Gasteiger partial charge in [-0.15, -0.1) is 0 Å². The van der Waals surface area contributed by atoms with Gasteiger partial charge in [-0.3, -0.25) is 0 Å². The maximum absolute atomic E-state index is 9.71. The van der Waals surface area contributed by atoms with Crippen LogP contribution in [0.4, 0.5) is 0 Å². The van der Waals surface area contributed by atoms with Gasteiger partial charge in [0, 0.05) is 24.8 Å². The molecular weight excluding hydrogens is 250 g/mol. The van der Waals surface area contributed by atoms with Crippen molar-refractivity contribution < 1.29 is 9.84 Å². The Morgan fingerprint density at radius 1 is 1.15 bits per heavy atom. The molecule has 0 aliphatic heterocycles. The SMILES string of the molecule is CCC(CO)(CCCOCC1CCCCC1)NC1CC1. The van der Waals surface area contributed by atoms with Crippen LogP contribution in [0.3, 0.4) is 0 Å². The standard InChI is InChI=1S/C17H33NO2/c1-2-17(14-19,18-16-9-10-16)11-6-12-20-13-15-7-4-3-5-8-15/h15-16,18-19H,2-14H2,1H3. The van der Waals surface area contributed by atoms with Gasteiger partial charge in [-0.1, -0.05) is 26.2 Å². The number of aliphatic hydroxyl groups is 1. The number of hydrogen-bond acceptors (Lipinski definition) is 3. The fraction of sp³-hybridized carbons (Fsp3) is 1.00. The van der Waals surface area contributed by atoms with Crippen LogP contribution in [0.25, 0.3) is 0 Å². The van der Waals surface area contributed by atoms with Crippen molar-refractivity contribution in [2.75, 3.05) is 19.8 Å². The van der Waals surface area contributed by atoms with Gasteiger partial charge in [0.1, 0.15) is 0 Å². The van der Waals surface area contributed by atoms with Crippen molar-refractivity contribution in [2.24, 2.45) is 5.92 Å². The van der Waals surface area contributed by atoms with Crippen LogP contribution in [-0.2, 0) is 4.74 Å². The fourth-order valence-electron chi connectivity index (χ4n) is 3.36. The monoisotopic (exact) mass is 283 g/mol. The van der Waals surface area contributed by atoms with Gasteiger partial charge in [-0.2, -0.15) is 0 Å². The van der Waals surface area contributed by atoms with Crippen LogP contribution in [0.5, 0.6) is 0 Å². The predicted octanol–water partition coefficient (Wildman–Crippen LogP) is 3.26. The molecule has 0 amide bonds. The van der Waals surface area contributed by atoms with Crippen molar-refractivity contribution in [1.29, 1.82) is 0 Å². The third kappa shape index (κ3) is 5.34. The Morgan fingerprint density at radius 2 is 1.90 bits per heavy atom. The van der Waals surface area contributed by atoms with E-state index in [9.17, 15) is 5.11 Å². The molecule has 2 fully saturated rings. The Morgan fingerprint density at radius 3 is 2.50 bits per heavy atom. The summed E-state index contributed by atoms with van der Waals surface area (Å²) in [5.41, 5.74) is -0.0602. The van der Waals surface area contributed by atoms with E-state index in [-0.39, 0.29) is 12.1 Å². The van der Waals surface area contributed by atoms with E-state index in [0.29, 0.717) is 6.04 Å². The molecule has 1 unspecified atom stereocenters. The van der Waals surface area contributed by atoms with Gasteiger partial charge >= 0.3 is 0 Å². The highest BCUT2D eigenvalue weighted by molar-refractivity contribution is 4.94. The minimum Gasteiger partial charge on any atom is -0.394 e. The van der Waals surface area contributed by atoms with Gasteiger partial charge in [0.05, 0.1) is 6.61 Å². The maximum Gasteiger partial charge on any atom is 0.0613 e. The highest BCUT2D eigenvalue weighted by Crippen LogP contribution is 2.27. The lowest BCUT2D eigenvalue weighted by atomic mass is 9.90. The molecule has 2 N–H and O–H groups in total. The minimum atomic E-state index is -0.0602. The molecule has 20 heavy (non-hydrogen) atoms. The molecule has 118 valence electrons. The molecule has 0 aromatic heterocycles. The molecule has 3 heteroatoms. The first-order chi connectivity index (χ1) is 9.78. The van der Waals surface area contributed by atoms with E-state index in [0.717, 1.165) is 38.4 Å². The maximum atomic E-state index is 9.71. The number of nitrogens with one attached hydrogen (secondary N) is 1. The van der Waals surface area contributed by atoms with Crippen LogP contribution in [0, 0.1) is 5.92 Å². The van der Waals surface area contributed by atoms with Crippen molar-refractivity contribution >= 4 is 0 Å². The third-order valence-electron chi connectivity index (χ3n) is 5.09. The predicted molar refractivity (Wildman–Crippen MR) is 82.9 cm³/mol. The normalized spacial score (nSPS) is 23.7. The largest absolute Gasteiger partial charge is 0.394 e. The van der Waals surface area contributed by atoms with Crippen molar-refractivity contribution in [3.63, 3.8) is 0 Å². The summed E-state index contributed by atoms with van der Waals surface area (Å²) in [6.45, 7) is 4.23. The molecule has 2 aliphatic rings. The summed E-state index contributed by atoms with van der Waals surface area (Å²) >= 11 is 0. The summed E-state index contributed by atoms with van der Waals surface area (Å²) in [6.07, 6.45) is 12.6. The highest BCUT2D eigenvalue weighted by Gasteiger charge is 2.33. The second kappa shape index (κ2) is 8.35. The van der Waals surface area contributed by atoms with Crippen molar-refractivity contribution in [1.82, 2.24) is 5.32 Å². The number of ether oxygens (including phenoxy) is 1. The molecule has 2 rings (SSSR count). The number of hydrogen-bond donors (Lipinski definition) is 2. The van der Waals surface area contributed by atoms with E-state index in [4.69, 9.17) is 4.74 Å². The molecular formula is C17H33NO2. The first-order valence-corrected chi connectivity index (χ1v) is 8.74. The molecule has 0 heterocycles. The Balaban J connectivity index is 1.57. The Labute approximate surface area is 124 Å². The number of aliphatic hydroxyl groups excluding tert-OH is 1. The highest BCUT2D eigenvalue weighted by atomic mass is 16.5. The van der Waals surface area contributed by atoms with E-state index >= 15 is 0 Å². The molecule has 3 nitrogen and oxygen atoms in total. The van der Waals surface area contributed by atoms with E-state index in [2.05, 4.69) is 12.2 Å². The first-order valence-electron chi connectivity index (χ1n) is 8.74. The summed E-state index contributed by atoms with van der Waals surface area (Å²) in [5, 5.41) is 13.3. The lowest BCUT2D eigenvalue weighted by Gasteiger charge is -2.32.